The van der Waals surface area contributed by atoms with Crippen LogP contribution in [0, 0.1) is 18.3 Å². The average Bonchev–Trinajstić information content (AvgIpc) is 2.48. The van der Waals surface area contributed by atoms with E-state index in [1.165, 1.54) is 0 Å². The molecule has 2 rings (SSSR count). The molecule has 0 unspecified atom stereocenters. The monoisotopic (exact) mass is 296 g/mol. The van der Waals surface area contributed by atoms with Crippen LogP contribution in [0.4, 0.5) is 5.69 Å². The molecule has 0 aliphatic carbocycles. The number of anilines is 1. The van der Waals surface area contributed by atoms with Crippen LogP contribution in [0.25, 0.3) is 6.08 Å². The van der Waals surface area contributed by atoms with E-state index in [-0.39, 0.29) is 5.57 Å². The minimum atomic E-state index is -0.442. The summed E-state index contributed by atoms with van der Waals surface area (Å²) in [7, 11) is 0. The number of hydrogen-bond donors (Lipinski definition) is 1. The van der Waals surface area contributed by atoms with E-state index in [2.05, 4.69) is 5.32 Å². The molecule has 0 atom stereocenters. The molecule has 0 aromatic heterocycles. The summed E-state index contributed by atoms with van der Waals surface area (Å²) in [6.45, 7) is 1.93. The molecular formula is C17H13ClN2O. The molecule has 21 heavy (non-hydrogen) atoms. The topological polar surface area (TPSA) is 52.9 Å². The number of halogens is 1. The van der Waals surface area contributed by atoms with E-state index < -0.39 is 5.91 Å². The second-order valence-corrected chi connectivity index (χ2v) is 4.92. The summed E-state index contributed by atoms with van der Waals surface area (Å²) >= 11 is 5.79. The summed E-state index contributed by atoms with van der Waals surface area (Å²) in [5.41, 5.74) is 2.50. The number of carbonyl (C=O) groups is 1. The fourth-order valence-corrected chi connectivity index (χ4v) is 1.91. The van der Waals surface area contributed by atoms with Crippen LogP contribution in [-0.2, 0) is 4.79 Å². The highest BCUT2D eigenvalue weighted by molar-refractivity contribution is 6.30. The number of amides is 1. The molecule has 0 bridgehead atoms. The third kappa shape index (κ3) is 3.95. The van der Waals surface area contributed by atoms with Crippen molar-refractivity contribution in [1.82, 2.24) is 0 Å². The number of hydrogen-bond acceptors (Lipinski definition) is 2. The fourth-order valence-electron chi connectivity index (χ4n) is 1.78. The summed E-state index contributed by atoms with van der Waals surface area (Å²) in [4.78, 5) is 12.1. The highest BCUT2D eigenvalue weighted by Gasteiger charge is 2.10. The number of nitriles is 1. The molecule has 2 aromatic rings. The third-order valence-corrected chi connectivity index (χ3v) is 3.21. The molecule has 0 heterocycles. The molecule has 0 saturated heterocycles. The van der Waals surface area contributed by atoms with Gasteiger partial charge in [-0.1, -0.05) is 35.9 Å². The van der Waals surface area contributed by atoms with E-state index in [4.69, 9.17) is 11.6 Å². The summed E-state index contributed by atoms with van der Waals surface area (Å²) in [5, 5.41) is 12.4. The summed E-state index contributed by atoms with van der Waals surface area (Å²) in [6, 6.07) is 16.2. The molecule has 0 radical (unpaired) electrons. The van der Waals surface area contributed by atoms with Crippen LogP contribution in [-0.4, -0.2) is 5.91 Å². The van der Waals surface area contributed by atoms with Crippen molar-refractivity contribution in [1.29, 1.82) is 5.26 Å². The van der Waals surface area contributed by atoms with Crippen molar-refractivity contribution in [3.8, 4) is 6.07 Å². The van der Waals surface area contributed by atoms with Gasteiger partial charge < -0.3 is 5.32 Å². The lowest BCUT2D eigenvalue weighted by Gasteiger charge is -2.05. The first-order valence-electron chi connectivity index (χ1n) is 6.34. The molecule has 0 fully saturated rings. The minimum Gasteiger partial charge on any atom is -0.321 e. The van der Waals surface area contributed by atoms with E-state index in [1.54, 1.807) is 30.3 Å². The molecule has 4 heteroatoms. The number of nitrogens with zero attached hydrogens (tertiary/aromatic N) is 1. The van der Waals surface area contributed by atoms with E-state index in [9.17, 15) is 10.1 Å². The normalized spacial score (nSPS) is 10.8. The molecule has 104 valence electrons. The van der Waals surface area contributed by atoms with Crippen LogP contribution in [0.3, 0.4) is 0 Å². The van der Waals surface area contributed by atoms with E-state index in [0.29, 0.717) is 10.7 Å². The molecule has 0 spiro atoms. The maximum absolute atomic E-state index is 12.1. The lowest BCUT2D eigenvalue weighted by molar-refractivity contribution is -0.112. The lowest BCUT2D eigenvalue weighted by atomic mass is 10.1. The quantitative estimate of drug-likeness (QED) is 0.682. The van der Waals surface area contributed by atoms with Gasteiger partial charge >= 0.3 is 0 Å². The molecule has 1 N–H and O–H groups in total. The Hall–Kier alpha value is -2.57. The van der Waals surface area contributed by atoms with Crippen LogP contribution < -0.4 is 5.32 Å². The number of nitrogens with one attached hydrogen (secondary N) is 1. The summed E-state index contributed by atoms with van der Waals surface area (Å²) < 4.78 is 0. The number of carbonyl (C=O) groups excluding carboxylic acids is 1. The van der Waals surface area contributed by atoms with Crippen molar-refractivity contribution in [2.45, 2.75) is 6.92 Å². The van der Waals surface area contributed by atoms with Crippen molar-refractivity contribution < 1.29 is 4.79 Å². The summed E-state index contributed by atoms with van der Waals surface area (Å²) in [5.74, 6) is -0.442. The Morgan fingerprint density at radius 2 is 1.86 bits per heavy atom. The van der Waals surface area contributed by atoms with Crippen molar-refractivity contribution in [3.63, 3.8) is 0 Å². The van der Waals surface area contributed by atoms with Gasteiger partial charge in [0.05, 0.1) is 0 Å². The maximum atomic E-state index is 12.1. The molecule has 3 nitrogen and oxygen atoms in total. The first-order chi connectivity index (χ1) is 10.1. The Morgan fingerprint density at radius 3 is 2.48 bits per heavy atom. The highest BCUT2D eigenvalue weighted by Crippen LogP contribution is 2.16. The Labute approximate surface area is 128 Å². The molecule has 0 aliphatic rings. The van der Waals surface area contributed by atoms with Crippen LogP contribution >= 0.6 is 11.6 Å². The van der Waals surface area contributed by atoms with E-state index in [1.807, 2.05) is 37.3 Å². The molecular weight excluding hydrogens is 284 g/mol. The second-order valence-electron chi connectivity index (χ2n) is 4.49. The number of aryl methyl sites for hydroxylation is 1. The first-order valence-corrected chi connectivity index (χ1v) is 6.72. The van der Waals surface area contributed by atoms with Gasteiger partial charge in [0, 0.05) is 10.7 Å². The van der Waals surface area contributed by atoms with Crippen LogP contribution in [0.15, 0.2) is 54.1 Å². The van der Waals surface area contributed by atoms with E-state index >= 15 is 0 Å². The Bertz CT molecular complexity index is 727. The van der Waals surface area contributed by atoms with Crippen molar-refractivity contribution in [2.75, 3.05) is 5.32 Å². The first kappa shape index (κ1) is 14.8. The second kappa shape index (κ2) is 6.74. The van der Waals surface area contributed by atoms with Crippen molar-refractivity contribution >= 4 is 29.3 Å². The van der Waals surface area contributed by atoms with Crippen molar-refractivity contribution in [2.24, 2.45) is 0 Å². The van der Waals surface area contributed by atoms with Gasteiger partial charge in [-0.2, -0.15) is 5.26 Å². The zero-order valence-electron chi connectivity index (χ0n) is 11.4. The lowest BCUT2D eigenvalue weighted by Crippen LogP contribution is -2.13. The standard InChI is InChI=1S/C17H13ClN2O/c1-12-4-2-3-5-13(12)10-14(11-19)17(21)20-16-8-6-15(18)7-9-16/h2-10H,1H3,(H,20,21)/b14-10-. The van der Waals surface area contributed by atoms with Crippen molar-refractivity contribution in [3.05, 3.63) is 70.3 Å². The zero-order chi connectivity index (χ0) is 15.2. The Morgan fingerprint density at radius 1 is 1.19 bits per heavy atom. The average molecular weight is 297 g/mol. The zero-order valence-corrected chi connectivity index (χ0v) is 12.2. The predicted octanol–water partition coefficient (Wildman–Crippen LogP) is 4.19. The smallest absolute Gasteiger partial charge is 0.266 e. The number of rotatable bonds is 3. The highest BCUT2D eigenvalue weighted by atomic mass is 35.5. The molecule has 1 amide bonds. The fraction of sp³-hybridized carbons (Fsp3) is 0.0588. The van der Waals surface area contributed by atoms with E-state index in [0.717, 1.165) is 11.1 Å². The Kier molecular flexibility index (Phi) is 4.76. The van der Waals surface area contributed by atoms with Gasteiger partial charge in [0.15, 0.2) is 0 Å². The van der Waals surface area contributed by atoms with Gasteiger partial charge in [0.1, 0.15) is 11.6 Å². The van der Waals surface area contributed by atoms with Gasteiger partial charge in [0.2, 0.25) is 0 Å². The number of benzene rings is 2. The minimum absolute atomic E-state index is 0.0549. The molecule has 2 aromatic carbocycles. The predicted molar refractivity (Wildman–Crippen MR) is 84.9 cm³/mol. The molecule has 0 aliphatic heterocycles. The van der Waals surface area contributed by atoms with Gasteiger partial charge in [-0.05, 0) is 48.4 Å². The summed E-state index contributed by atoms with van der Waals surface area (Å²) in [6.07, 6.45) is 1.58. The third-order valence-electron chi connectivity index (χ3n) is 2.96. The Balaban J connectivity index is 2.22. The molecule has 0 saturated carbocycles. The largest absolute Gasteiger partial charge is 0.321 e. The van der Waals surface area contributed by atoms with Gasteiger partial charge in [-0.3, -0.25) is 4.79 Å². The van der Waals surface area contributed by atoms with Gasteiger partial charge in [-0.25, -0.2) is 0 Å². The van der Waals surface area contributed by atoms with Crippen LogP contribution in [0.2, 0.25) is 5.02 Å². The SMILES string of the molecule is Cc1ccccc1/C=C(/C#N)C(=O)Nc1ccc(Cl)cc1. The van der Waals surface area contributed by atoms with Crippen LogP contribution in [0.1, 0.15) is 11.1 Å². The maximum Gasteiger partial charge on any atom is 0.266 e. The van der Waals surface area contributed by atoms with Gasteiger partial charge in [-0.15, -0.1) is 0 Å². The van der Waals surface area contributed by atoms with Gasteiger partial charge in [0.25, 0.3) is 5.91 Å². The van der Waals surface area contributed by atoms with Crippen LogP contribution in [0.5, 0.6) is 0 Å².